The highest BCUT2D eigenvalue weighted by molar-refractivity contribution is 5.55. The number of aromatic nitrogens is 1. The second-order valence-electron chi connectivity index (χ2n) is 5.87. The van der Waals surface area contributed by atoms with Gasteiger partial charge in [-0.15, -0.1) is 0 Å². The molecule has 0 saturated heterocycles. The number of anilines is 1. The highest BCUT2D eigenvalue weighted by atomic mass is 15.2. The van der Waals surface area contributed by atoms with Crippen LogP contribution in [0.5, 0.6) is 0 Å². The lowest BCUT2D eigenvalue weighted by Gasteiger charge is -2.27. The maximum absolute atomic E-state index is 4.33. The fraction of sp³-hybridized carbons (Fsp3) is 0.389. The molecule has 0 bridgehead atoms. The molecule has 2 heterocycles. The topological polar surface area (TPSA) is 28.2 Å². The highest BCUT2D eigenvalue weighted by Crippen LogP contribution is 2.25. The summed E-state index contributed by atoms with van der Waals surface area (Å²) in [4.78, 5) is 6.81. The van der Waals surface area contributed by atoms with E-state index >= 15 is 0 Å². The smallest absolute Gasteiger partial charge is 0.0445 e. The van der Waals surface area contributed by atoms with Crippen LogP contribution in [0.15, 0.2) is 42.7 Å². The van der Waals surface area contributed by atoms with Crippen LogP contribution in [0.3, 0.4) is 0 Å². The zero-order chi connectivity index (χ0) is 14.7. The fourth-order valence-electron chi connectivity index (χ4n) is 3.00. The van der Waals surface area contributed by atoms with Gasteiger partial charge in [0.25, 0.3) is 0 Å². The number of nitrogens with one attached hydrogen (secondary N) is 1. The van der Waals surface area contributed by atoms with Gasteiger partial charge in [0, 0.05) is 43.8 Å². The van der Waals surface area contributed by atoms with Gasteiger partial charge in [-0.1, -0.05) is 31.2 Å². The van der Waals surface area contributed by atoms with Crippen molar-refractivity contribution in [2.24, 2.45) is 0 Å². The van der Waals surface area contributed by atoms with Gasteiger partial charge in [0.15, 0.2) is 0 Å². The molecule has 3 nitrogen and oxygen atoms in total. The van der Waals surface area contributed by atoms with Crippen molar-refractivity contribution < 1.29 is 0 Å². The van der Waals surface area contributed by atoms with E-state index in [1.54, 1.807) is 0 Å². The van der Waals surface area contributed by atoms with Crippen LogP contribution in [-0.2, 0) is 13.1 Å². The van der Waals surface area contributed by atoms with E-state index in [0.29, 0.717) is 6.04 Å². The predicted octanol–water partition coefficient (Wildman–Crippen LogP) is 3.28. The minimum atomic E-state index is 0.537. The third kappa shape index (κ3) is 3.24. The van der Waals surface area contributed by atoms with Gasteiger partial charge >= 0.3 is 0 Å². The predicted molar refractivity (Wildman–Crippen MR) is 87.4 cm³/mol. The Bertz CT molecular complexity index is 609. The van der Waals surface area contributed by atoms with Crippen molar-refractivity contribution >= 4 is 5.69 Å². The minimum absolute atomic E-state index is 0.537. The standard InChI is InChI=1S/C18H23N3/c1-3-17-13-21(12-15-8-14(2)9-19-10-15)18-7-5-4-6-16(18)11-20-17/h4-10,17,20H,3,11-13H2,1-2H3. The van der Waals surface area contributed by atoms with Crippen molar-refractivity contribution in [3.63, 3.8) is 0 Å². The van der Waals surface area contributed by atoms with Crippen molar-refractivity contribution in [2.75, 3.05) is 11.4 Å². The summed E-state index contributed by atoms with van der Waals surface area (Å²) < 4.78 is 0. The van der Waals surface area contributed by atoms with Crippen LogP contribution >= 0.6 is 0 Å². The first kappa shape index (κ1) is 14.1. The maximum Gasteiger partial charge on any atom is 0.0445 e. The summed E-state index contributed by atoms with van der Waals surface area (Å²) in [6.07, 6.45) is 5.04. The first-order valence-electron chi connectivity index (χ1n) is 7.73. The molecule has 1 aromatic heterocycles. The van der Waals surface area contributed by atoms with E-state index in [1.165, 1.54) is 22.4 Å². The van der Waals surface area contributed by atoms with E-state index in [-0.39, 0.29) is 0 Å². The average Bonchev–Trinajstić information content (AvgIpc) is 2.67. The van der Waals surface area contributed by atoms with Crippen LogP contribution in [0.2, 0.25) is 0 Å². The molecule has 0 radical (unpaired) electrons. The van der Waals surface area contributed by atoms with Crippen molar-refractivity contribution in [1.82, 2.24) is 10.3 Å². The lowest BCUT2D eigenvalue weighted by atomic mass is 10.1. The summed E-state index contributed by atoms with van der Waals surface area (Å²) >= 11 is 0. The van der Waals surface area contributed by atoms with Gasteiger partial charge in [-0.25, -0.2) is 0 Å². The lowest BCUT2D eigenvalue weighted by Crippen LogP contribution is -2.37. The van der Waals surface area contributed by atoms with Crippen LogP contribution < -0.4 is 10.2 Å². The molecule has 0 aliphatic carbocycles. The quantitative estimate of drug-likeness (QED) is 0.936. The van der Waals surface area contributed by atoms with Gasteiger partial charge in [-0.05, 0) is 36.1 Å². The Kier molecular flexibility index (Phi) is 4.20. The zero-order valence-electron chi connectivity index (χ0n) is 12.8. The molecular weight excluding hydrogens is 258 g/mol. The second kappa shape index (κ2) is 6.27. The van der Waals surface area contributed by atoms with Gasteiger partial charge in [0.1, 0.15) is 0 Å². The third-order valence-electron chi connectivity index (χ3n) is 4.15. The van der Waals surface area contributed by atoms with Crippen molar-refractivity contribution in [3.05, 3.63) is 59.4 Å². The molecule has 3 rings (SSSR count). The number of hydrogen-bond acceptors (Lipinski definition) is 3. The maximum atomic E-state index is 4.33. The number of fused-ring (bicyclic) bond motifs is 1. The van der Waals surface area contributed by atoms with Crippen molar-refractivity contribution in [2.45, 2.75) is 39.4 Å². The molecule has 1 aromatic carbocycles. The summed E-state index contributed by atoms with van der Waals surface area (Å²) in [5.41, 5.74) is 5.24. The first-order valence-corrected chi connectivity index (χ1v) is 7.73. The van der Waals surface area contributed by atoms with Crippen LogP contribution in [0.4, 0.5) is 5.69 Å². The van der Waals surface area contributed by atoms with Crippen LogP contribution in [0.25, 0.3) is 0 Å². The molecule has 0 saturated carbocycles. The van der Waals surface area contributed by atoms with Crippen LogP contribution in [-0.4, -0.2) is 17.6 Å². The van der Waals surface area contributed by atoms with Crippen molar-refractivity contribution in [3.8, 4) is 0 Å². The third-order valence-corrected chi connectivity index (χ3v) is 4.15. The molecule has 110 valence electrons. The molecule has 0 fully saturated rings. The van der Waals surface area contributed by atoms with Gasteiger partial charge in [0.05, 0.1) is 0 Å². The lowest BCUT2D eigenvalue weighted by molar-refractivity contribution is 0.502. The monoisotopic (exact) mass is 281 g/mol. The number of para-hydroxylation sites is 1. The molecule has 1 N–H and O–H groups in total. The molecule has 21 heavy (non-hydrogen) atoms. The number of rotatable bonds is 3. The summed E-state index contributed by atoms with van der Waals surface area (Å²) in [6.45, 7) is 7.27. The Morgan fingerprint density at radius 3 is 2.95 bits per heavy atom. The number of hydrogen-bond donors (Lipinski definition) is 1. The molecule has 3 heteroatoms. The largest absolute Gasteiger partial charge is 0.365 e. The Morgan fingerprint density at radius 2 is 2.14 bits per heavy atom. The Hall–Kier alpha value is -1.87. The van der Waals surface area contributed by atoms with E-state index in [2.05, 4.69) is 59.4 Å². The molecule has 1 unspecified atom stereocenters. The molecule has 1 aliphatic heterocycles. The summed E-state index contributed by atoms with van der Waals surface area (Å²) in [6, 6.07) is 11.5. The minimum Gasteiger partial charge on any atom is -0.365 e. The summed E-state index contributed by atoms with van der Waals surface area (Å²) in [5.74, 6) is 0. The molecule has 1 atom stereocenters. The summed E-state index contributed by atoms with van der Waals surface area (Å²) in [7, 11) is 0. The van der Waals surface area contributed by atoms with Gasteiger partial charge in [-0.3, -0.25) is 4.98 Å². The highest BCUT2D eigenvalue weighted by Gasteiger charge is 2.20. The average molecular weight is 281 g/mol. The molecule has 0 amide bonds. The molecule has 1 aliphatic rings. The van der Waals surface area contributed by atoms with E-state index in [0.717, 1.165) is 26.1 Å². The molecule has 0 spiro atoms. The normalized spacial score (nSPS) is 18.2. The van der Waals surface area contributed by atoms with E-state index in [1.807, 2.05) is 12.4 Å². The fourth-order valence-corrected chi connectivity index (χ4v) is 3.00. The second-order valence-corrected chi connectivity index (χ2v) is 5.87. The van der Waals surface area contributed by atoms with Gasteiger partial charge < -0.3 is 10.2 Å². The number of pyridine rings is 1. The van der Waals surface area contributed by atoms with E-state index in [9.17, 15) is 0 Å². The van der Waals surface area contributed by atoms with Crippen molar-refractivity contribution in [1.29, 1.82) is 0 Å². The van der Waals surface area contributed by atoms with Crippen LogP contribution in [0.1, 0.15) is 30.0 Å². The van der Waals surface area contributed by atoms with E-state index in [4.69, 9.17) is 0 Å². The number of aryl methyl sites for hydroxylation is 1. The van der Waals surface area contributed by atoms with Gasteiger partial charge in [0.2, 0.25) is 0 Å². The Morgan fingerprint density at radius 1 is 1.29 bits per heavy atom. The summed E-state index contributed by atoms with van der Waals surface area (Å²) in [5, 5.41) is 3.66. The zero-order valence-corrected chi connectivity index (χ0v) is 12.8. The van der Waals surface area contributed by atoms with E-state index < -0.39 is 0 Å². The number of nitrogens with zero attached hydrogens (tertiary/aromatic N) is 2. The van der Waals surface area contributed by atoms with Gasteiger partial charge in [-0.2, -0.15) is 0 Å². The molecular formula is C18H23N3. The Labute approximate surface area is 127 Å². The van der Waals surface area contributed by atoms with Crippen LogP contribution in [0, 0.1) is 6.92 Å². The SMILES string of the molecule is CCC1CN(Cc2cncc(C)c2)c2ccccc2CN1. The Balaban J connectivity index is 1.90. The number of benzene rings is 1. The first-order chi connectivity index (χ1) is 10.3. The molecule has 2 aromatic rings.